The molecule has 0 radical (unpaired) electrons. The summed E-state index contributed by atoms with van der Waals surface area (Å²) in [6.07, 6.45) is 3.58. The summed E-state index contributed by atoms with van der Waals surface area (Å²) in [7, 11) is 0. The van der Waals surface area contributed by atoms with E-state index < -0.39 is 0 Å². The first-order valence-electron chi connectivity index (χ1n) is 4.93. The van der Waals surface area contributed by atoms with Crippen molar-refractivity contribution < 1.29 is 0 Å². The van der Waals surface area contributed by atoms with Gasteiger partial charge in [-0.2, -0.15) is 0 Å². The van der Waals surface area contributed by atoms with Crippen molar-refractivity contribution in [3.8, 4) is 0 Å². The summed E-state index contributed by atoms with van der Waals surface area (Å²) < 4.78 is 1.96. The van der Waals surface area contributed by atoms with Gasteiger partial charge in [-0.15, -0.1) is 10.2 Å². The van der Waals surface area contributed by atoms with Crippen molar-refractivity contribution in [2.24, 2.45) is 10.7 Å². The van der Waals surface area contributed by atoms with Crippen LogP contribution in [0.1, 0.15) is 32.5 Å². The molecule has 0 aliphatic carbocycles. The molecule has 0 atom stereocenters. The van der Waals surface area contributed by atoms with Gasteiger partial charge >= 0.3 is 0 Å². The molecule has 0 bridgehead atoms. The summed E-state index contributed by atoms with van der Waals surface area (Å²) in [5.41, 5.74) is 5.68. The minimum Gasteiger partial charge on any atom is -0.387 e. The van der Waals surface area contributed by atoms with Crippen LogP contribution in [0.15, 0.2) is 11.3 Å². The summed E-state index contributed by atoms with van der Waals surface area (Å²) in [6, 6.07) is 0. The van der Waals surface area contributed by atoms with E-state index in [0.717, 1.165) is 25.2 Å². The Labute approximate surface area is 84.0 Å². The third-order valence-electron chi connectivity index (χ3n) is 1.97. The minimum atomic E-state index is 0.527. The van der Waals surface area contributed by atoms with Gasteiger partial charge in [0.2, 0.25) is 0 Å². The molecular formula is C9H17N5. The molecule has 5 heteroatoms. The highest BCUT2D eigenvalue weighted by atomic mass is 15.3. The third kappa shape index (κ3) is 2.83. The van der Waals surface area contributed by atoms with Gasteiger partial charge in [0.15, 0.2) is 5.82 Å². The van der Waals surface area contributed by atoms with Gasteiger partial charge in [0, 0.05) is 13.0 Å². The van der Waals surface area contributed by atoms with Crippen LogP contribution in [0.5, 0.6) is 0 Å². The number of hydrogen-bond donors (Lipinski definition) is 1. The number of hydrogen-bond acceptors (Lipinski definition) is 3. The van der Waals surface area contributed by atoms with Crippen molar-refractivity contribution in [3.05, 3.63) is 12.2 Å². The second-order valence-corrected chi connectivity index (χ2v) is 3.09. The Morgan fingerprint density at radius 3 is 3.00 bits per heavy atom. The van der Waals surface area contributed by atoms with E-state index >= 15 is 0 Å². The molecule has 2 N–H and O–H groups in total. The first-order valence-corrected chi connectivity index (χ1v) is 4.93. The first-order chi connectivity index (χ1) is 6.77. The smallest absolute Gasteiger partial charge is 0.154 e. The monoisotopic (exact) mass is 195 g/mol. The maximum absolute atomic E-state index is 5.68. The fourth-order valence-corrected chi connectivity index (χ4v) is 1.17. The summed E-state index contributed by atoms with van der Waals surface area (Å²) in [5, 5.41) is 7.79. The number of aryl methyl sites for hydroxylation is 1. The van der Waals surface area contributed by atoms with Crippen LogP contribution in [0.2, 0.25) is 0 Å². The molecule has 1 aromatic rings. The maximum Gasteiger partial charge on any atom is 0.154 e. The predicted octanol–water partition coefficient (Wildman–Crippen LogP) is 0.955. The van der Waals surface area contributed by atoms with E-state index in [1.165, 1.54) is 0 Å². The summed E-state index contributed by atoms with van der Waals surface area (Å²) in [6.45, 7) is 5.52. The molecule has 1 rings (SSSR count). The zero-order chi connectivity index (χ0) is 10.4. The highest BCUT2D eigenvalue weighted by Crippen LogP contribution is 1.98. The highest BCUT2D eigenvalue weighted by molar-refractivity contribution is 5.80. The van der Waals surface area contributed by atoms with Crippen molar-refractivity contribution >= 4 is 5.84 Å². The lowest BCUT2D eigenvalue weighted by Gasteiger charge is -2.00. The number of rotatable bonds is 5. The largest absolute Gasteiger partial charge is 0.387 e. The molecule has 78 valence electrons. The maximum atomic E-state index is 5.68. The lowest BCUT2D eigenvalue weighted by molar-refractivity contribution is 0.698. The standard InChI is InChI=1S/C9H17N5/c1-3-5-8(10)11-6-9-13-12-7-14(9)4-2/h7H,3-6H2,1-2H3,(H2,10,11). The SMILES string of the molecule is CCCC(N)=NCc1nncn1CC. The number of nitrogens with two attached hydrogens (primary N) is 1. The number of nitrogens with zero attached hydrogens (tertiary/aromatic N) is 4. The van der Waals surface area contributed by atoms with Gasteiger partial charge in [-0.1, -0.05) is 6.92 Å². The summed E-state index contributed by atoms with van der Waals surface area (Å²) >= 11 is 0. The number of aliphatic imine (C=N–C) groups is 1. The van der Waals surface area contributed by atoms with Gasteiger partial charge in [-0.3, -0.25) is 4.99 Å². The molecule has 0 aliphatic rings. The van der Waals surface area contributed by atoms with E-state index in [1.807, 2.05) is 11.5 Å². The fraction of sp³-hybridized carbons (Fsp3) is 0.667. The van der Waals surface area contributed by atoms with Gasteiger partial charge < -0.3 is 10.3 Å². The van der Waals surface area contributed by atoms with Crippen molar-refractivity contribution in [3.63, 3.8) is 0 Å². The van der Waals surface area contributed by atoms with Crippen LogP contribution in [0.3, 0.4) is 0 Å². The van der Waals surface area contributed by atoms with E-state index in [2.05, 4.69) is 22.1 Å². The highest BCUT2D eigenvalue weighted by Gasteiger charge is 2.00. The van der Waals surface area contributed by atoms with Gasteiger partial charge in [-0.05, 0) is 13.3 Å². The van der Waals surface area contributed by atoms with Crippen LogP contribution in [-0.2, 0) is 13.1 Å². The molecule has 5 nitrogen and oxygen atoms in total. The molecule has 0 aromatic carbocycles. The lowest BCUT2D eigenvalue weighted by Crippen LogP contribution is -2.12. The van der Waals surface area contributed by atoms with Crippen LogP contribution in [0.4, 0.5) is 0 Å². The molecule has 14 heavy (non-hydrogen) atoms. The minimum absolute atomic E-state index is 0.527. The summed E-state index contributed by atoms with van der Waals surface area (Å²) in [4.78, 5) is 4.24. The average Bonchev–Trinajstić information content (AvgIpc) is 2.62. The Hall–Kier alpha value is -1.39. The zero-order valence-corrected chi connectivity index (χ0v) is 8.77. The second-order valence-electron chi connectivity index (χ2n) is 3.09. The van der Waals surface area contributed by atoms with Crippen molar-refractivity contribution in [1.82, 2.24) is 14.8 Å². The molecular weight excluding hydrogens is 178 g/mol. The molecule has 0 spiro atoms. The average molecular weight is 195 g/mol. The van der Waals surface area contributed by atoms with E-state index in [1.54, 1.807) is 6.33 Å². The van der Waals surface area contributed by atoms with Crippen molar-refractivity contribution in [2.45, 2.75) is 39.8 Å². The molecule has 0 unspecified atom stereocenters. The van der Waals surface area contributed by atoms with Gasteiger partial charge in [0.25, 0.3) is 0 Å². The topological polar surface area (TPSA) is 69.1 Å². The molecule has 0 amide bonds. The van der Waals surface area contributed by atoms with Crippen molar-refractivity contribution in [2.75, 3.05) is 0 Å². The Morgan fingerprint density at radius 1 is 1.57 bits per heavy atom. The Kier molecular flexibility index (Phi) is 4.10. The van der Waals surface area contributed by atoms with E-state index in [-0.39, 0.29) is 0 Å². The van der Waals surface area contributed by atoms with Crippen LogP contribution in [0.25, 0.3) is 0 Å². The second kappa shape index (κ2) is 5.36. The zero-order valence-electron chi connectivity index (χ0n) is 8.77. The normalized spacial score (nSPS) is 12.0. The van der Waals surface area contributed by atoms with Gasteiger partial charge in [-0.25, -0.2) is 0 Å². The molecule has 1 heterocycles. The lowest BCUT2D eigenvalue weighted by atomic mass is 10.3. The Bertz CT molecular complexity index is 302. The number of aromatic nitrogens is 3. The van der Waals surface area contributed by atoms with Crippen LogP contribution < -0.4 is 5.73 Å². The predicted molar refractivity (Wildman–Crippen MR) is 55.9 cm³/mol. The van der Waals surface area contributed by atoms with Crippen LogP contribution in [0, 0.1) is 0 Å². The quantitative estimate of drug-likeness (QED) is 0.562. The van der Waals surface area contributed by atoms with Crippen LogP contribution >= 0.6 is 0 Å². The van der Waals surface area contributed by atoms with Gasteiger partial charge in [0.05, 0.1) is 5.84 Å². The number of amidine groups is 1. The Morgan fingerprint density at radius 2 is 2.36 bits per heavy atom. The van der Waals surface area contributed by atoms with E-state index in [4.69, 9.17) is 5.73 Å². The molecule has 0 fully saturated rings. The summed E-state index contributed by atoms with van der Waals surface area (Å²) in [5.74, 6) is 1.56. The molecule has 0 aliphatic heterocycles. The molecule has 0 saturated heterocycles. The van der Waals surface area contributed by atoms with Crippen LogP contribution in [-0.4, -0.2) is 20.6 Å². The first kappa shape index (κ1) is 10.7. The third-order valence-corrected chi connectivity index (χ3v) is 1.97. The van der Waals surface area contributed by atoms with Crippen molar-refractivity contribution in [1.29, 1.82) is 0 Å². The molecule has 0 saturated carbocycles. The fourth-order valence-electron chi connectivity index (χ4n) is 1.17. The van der Waals surface area contributed by atoms with E-state index in [0.29, 0.717) is 12.4 Å². The van der Waals surface area contributed by atoms with E-state index in [9.17, 15) is 0 Å². The van der Waals surface area contributed by atoms with Gasteiger partial charge in [0.1, 0.15) is 12.9 Å². The Balaban J connectivity index is 2.56. The molecule has 1 aromatic heterocycles.